The van der Waals surface area contributed by atoms with Gasteiger partial charge in [0.1, 0.15) is 10.8 Å². The Balaban J connectivity index is 1.53. The highest BCUT2D eigenvalue weighted by Crippen LogP contribution is 2.24. The maximum atomic E-state index is 12.9. The summed E-state index contributed by atoms with van der Waals surface area (Å²) in [7, 11) is 0. The van der Waals surface area contributed by atoms with E-state index in [1.807, 2.05) is 19.1 Å². The largest absolute Gasteiger partial charge is 0.371 e. The minimum Gasteiger partial charge on any atom is -0.371 e. The van der Waals surface area contributed by atoms with Gasteiger partial charge in [0.05, 0.1) is 0 Å². The lowest BCUT2D eigenvalue weighted by Crippen LogP contribution is -2.22. The third kappa shape index (κ3) is 3.07. The number of hydrogen-bond donors (Lipinski definition) is 1. The highest BCUT2D eigenvalue weighted by atomic mass is 32.1. The van der Waals surface area contributed by atoms with Gasteiger partial charge in [0.15, 0.2) is 0 Å². The molecule has 2 aromatic rings. The molecule has 2 heterocycles. The van der Waals surface area contributed by atoms with Crippen molar-refractivity contribution < 1.29 is 4.39 Å². The van der Waals surface area contributed by atoms with Crippen LogP contribution >= 0.6 is 11.3 Å². The monoisotopic (exact) mass is 292 g/mol. The summed E-state index contributed by atoms with van der Waals surface area (Å²) in [6.45, 7) is 4.88. The summed E-state index contributed by atoms with van der Waals surface area (Å²) in [6, 6.07) is 6.73. The molecule has 1 fully saturated rings. The van der Waals surface area contributed by atoms with Gasteiger partial charge in [0.25, 0.3) is 0 Å². The predicted molar refractivity (Wildman–Crippen MR) is 79.9 cm³/mol. The lowest BCUT2D eigenvalue weighted by atomic mass is 10.1. The fraction of sp³-hybridized carbons (Fsp3) is 0.429. The molecule has 0 saturated carbocycles. The number of hydrogen-bond acceptors (Lipinski definition) is 5. The Labute approximate surface area is 121 Å². The first-order valence-corrected chi connectivity index (χ1v) is 7.57. The highest BCUT2D eigenvalue weighted by molar-refractivity contribution is 7.15. The van der Waals surface area contributed by atoms with Crippen LogP contribution in [0.5, 0.6) is 0 Å². The fourth-order valence-corrected chi connectivity index (χ4v) is 3.08. The molecule has 4 nitrogen and oxygen atoms in total. The van der Waals surface area contributed by atoms with Crippen molar-refractivity contribution in [2.45, 2.75) is 13.3 Å². The Bertz CT molecular complexity index is 569. The first-order valence-electron chi connectivity index (χ1n) is 6.75. The number of aryl methyl sites for hydroxylation is 1. The molecule has 3 rings (SSSR count). The molecule has 1 atom stereocenters. The second-order valence-electron chi connectivity index (χ2n) is 5.08. The van der Waals surface area contributed by atoms with Crippen LogP contribution in [0.25, 0.3) is 0 Å². The van der Waals surface area contributed by atoms with Crippen LogP contribution in [0.2, 0.25) is 0 Å². The van der Waals surface area contributed by atoms with Crippen LogP contribution in [-0.2, 0) is 0 Å². The Hall–Kier alpha value is -1.69. The van der Waals surface area contributed by atoms with Gasteiger partial charge in [-0.25, -0.2) is 4.39 Å². The third-order valence-corrected chi connectivity index (χ3v) is 4.34. The fourth-order valence-electron chi connectivity index (χ4n) is 2.49. The molecule has 0 radical (unpaired) electrons. The Kier molecular flexibility index (Phi) is 3.82. The summed E-state index contributed by atoms with van der Waals surface area (Å²) >= 11 is 1.58. The van der Waals surface area contributed by atoms with E-state index in [1.165, 1.54) is 12.1 Å². The summed E-state index contributed by atoms with van der Waals surface area (Å²) in [4.78, 5) is 2.30. The van der Waals surface area contributed by atoms with Gasteiger partial charge in [0, 0.05) is 25.3 Å². The summed E-state index contributed by atoms with van der Waals surface area (Å²) in [5.41, 5.74) is 1.10. The molecule has 106 valence electrons. The van der Waals surface area contributed by atoms with Crippen LogP contribution in [0.3, 0.4) is 0 Å². The maximum absolute atomic E-state index is 12.9. The molecule has 0 bridgehead atoms. The molecule has 1 aliphatic rings. The van der Waals surface area contributed by atoms with E-state index in [9.17, 15) is 4.39 Å². The molecular formula is C14H17FN4S. The van der Waals surface area contributed by atoms with Crippen LogP contribution in [0, 0.1) is 18.7 Å². The van der Waals surface area contributed by atoms with E-state index in [1.54, 1.807) is 11.3 Å². The minimum absolute atomic E-state index is 0.183. The van der Waals surface area contributed by atoms with Crippen molar-refractivity contribution >= 4 is 22.2 Å². The van der Waals surface area contributed by atoms with E-state index < -0.39 is 0 Å². The first kappa shape index (κ1) is 13.3. The van der Waals surface area contributed by atoms with Crippen molar-refractivity contribution in [3.8, 4) is 0 Å². The molecule has 1 aromatic carbocycles. The van der Waals surface area contributed by atoms with Crippen LogP contribution < -0.4 is 10.2 Å². The van der Waals surface area contributed by atoms with Crippen molar-refractivity contribution in [1.82, 2.24) is 10.2 Å². The molecular weight excluding hydrogens is 275 g/mol. The smallest absolute Gasteiger partial charge is 0.205 e. The van der Waals surface area contributed by atoms with Gasteiger partial charge in [-0.3, -0.25) is 0 Å². The first-order chi connectivity index (χ1) is 9.70. The molecule has 0 amide bonds. The van der Waals surface area contributed by atoms with Gasteiger partial charge in [-0.2, -0.15) is 0 Å². The molecule has 0 unspecified atom stereocenters. The summed E-state index contributed by atoms with van der Waals surface area (Å²) < 4.78 is 12.9. The third-order valence-electron chi connectivity index (χ3n) is 3.55. The molecule has 20 heavy (non-hydrogen) atoms. The van der Waals surface area contributed by atoms with Crippen LogP contribution in [0.1, 0.15) is 11.4 Å². The number of anilines is 2. The molecule has 1 N–H and O–H groups in total. The second kappa shape index (κ2) is 5.75. The van der Waals surface area contributed by atoms with E-state index in [4.69, 9.17) is 0 Å². The van der Waals surface area contributed by atoms with Crippen LogP contribution in [0.15, 0.2) is 24.3 Å². The Morgan fingerprint density at radius 3 is 2.85 bits per heavy atom. The molecule has 6 heteroatoms. The van der Waals surface area contributed by atoms with E-state index in [0.717, 1.165) is 41.9 Å². The van der Waals surface area contributed by atoms with Crippen molar-refractivity contribution in [1.29, 1.82) is 0 Å². The van der Waals surface area contributed by atoms with Crippen molar-refractivity contribution in [3.05, 3.63) is 35.1 Å². The van der Waals surface area contributed by atoms with E-state index in [0.29, 0.717) is 5.92 Å². The van der Waals surface area contributed by atoms with Gasteiger partial charge < -0.3 is 10.2 Å². The zero-order chi connectivity index (χ0) is 13.9. The minimum atomic E-state index is -0.183. The van der Waals surface area contributed by atoms with Crippen molar-refractivity contribution in [2.24, 2.45) is 5.92 Å². The van der Waals surface area contributed by atoms with Crippen LogP contribution in [-0.4, -0.2) is 29.8 Å². The molecule has 1 saturated heterocycles. The van der Waals surface area contributed by atoms with E-state index >= 15 is 0 Å². The zero-order valence-electron chi connectivity index (χ0n) is 11.3. The molecule has 1 aliphatic heterocycles. The summed E-state index contributed by atoms with van der Waals surface area (Å²) in [5, 5.41) is 13.3. The van der Waals surface area contributed by atoms with Gasteiger partial charge in [-0.15, -0.1) is 10.2 Å². The highest BCUT2D eigenvalue weighted by Gasteiger charge is 2.22. The van der Waals surface area contributed by atoms with E-state index in [2.05, 4.69) is 20.4 Å². The molecule has 0 spiro atoms. The van der Waals surface area contributed by atoms with Crippen molar-refractivity contribution in [2.75, 3.05) is 29.9 Å². The maximum Gasteiger partial charge on any atom is 0.205 e. The van der Waals surface area contributed by atoms with E-state index in [-0.39, 0.29) is 5.82 Å². The van der Waals surface area contributed by atoms with Crippen molar-refractivity contribution in [3.63, 3.8) is 0 Å². The Morgan fingerprint density at radius 2 is 2.15 bits per heavy atom. The number of nitrogens with one attached hydrogen (secondary N) is 1. The van der Waals surface area contributed by atoms with Gasteiger partial charge in [0.2, 0.25) is 5.13 Å². The zero-order valence-corrected chi connectivity index (χ0v) is 12.2. The van der Waals surface area contributed by atoms with Crippen LogP contribution in [0.4, 0.5) is 15.2 Å². The quantitative estimate of drug-likeness (QED) is 0.940. The van der Waals surface area contributed by atoms with Gasteiger partial charge >= 0.3 is 0 Å². The standard InChI is InChI=1S/C14H17FN4S/c1-10-17-18-14(20-10)16-8-11-6-7-19(9-11)13-4-2-12(15)3-5-13/h2-5,11H,6-9H2,1H3,(H,16,18)/t11-/m0/s1. The van der Waals surface area contributed by atoms with Gasteiger partial charge in [-0.05, 0) is 43.5 Å². The SMILES string of the molecule is Cc1nnc(NC[C@@H]2CCN(c3ccc(F)cc3)C2)s1. The summed E-state index contributed by atoms with van der Waals surface area (Å²) in [5.74, 6) is 0.405. The second-order valence-corrected chi connectivity index (χ2v) is 6.27. The summed E-state index contributed by atoms with van der Waals surface area (Å²) in [6.07, 6.45) is 1.14. The molecule has 0 aliphatic carbocycles. The molecule has 1 aromatic heterocycles. The Morgan fingerprint density at radius 1 is 1.35 bits per heavy atom. The normalized spacial score (nSPS) is 18.5. The lowest BCUT2D eigenvalue weighted by Gasteiger charge is -2.18. The number of nitrogens with zero attached hydrogens (tertiary/aromatic N) is 3. The topological polar surface area (TPSA) is 41.1 Å². The number of rotatable bonds is 4. The number of benzene rings is 1. The average molecular weight is 292 g/mol. The lowest BCUT2D eigenvalue weighted by molar-refractivity contribution is 0.621. The number of halogens is 1. The average Bonchev–Trinajstić information content (AvgIpc) is 3.06. The van der Waals surface area contributed by atoms with Gasteiger partial charge in [-0.1, -0.05) is 11.3 Å². The predicted octanol–water partition coefficient (Wildman–Crippen LogP) is 2.92. The number of aromatic nitrogens is 2.